The van der Waals surface area contributed by atoms with E-state index in [1.54, 1.807) is 6.20 Å². The number of halogens is 1. The predicted octanol–water partition coefficient (Wildman–Crippen LogP) is 3.52. The Hall–Kier alpha value is -1.13. The van der Waals surface area contributed by atoms with E-state index < -0.39 is 0 Å². The van der Waals surface area contributed by atoms with E-state index in [2.05, 4.69) is 32.3 Å². The standard InChI is InChI=1S/C15H17BrN2O/c16-14-6-3-5-13-12(14)7-9-18-15(13)19-10-11-4-1-2-8-17-11/h3,5-7,9,11,17H,1-2,4,8,10H2. The molecule has 3 rings (SSSR count). The molecule has 1 aromatic heterocycles. The van der Waals surface area contributed by atoms with Gasteiger partial charge in [0.25, 0.3) is 0 Å². The van der Waals surface area contributed by atoms with Gasteiger partial charge in [-0.2, -0.15) is 0 Å². The van der Waals surface area contributed by atoms with Crippen molar-refractivity contribution in [1.82, 2.24) is 10.3 Å². The van der Waals surface area contributed by atoms with Crippen LogP contribution in [-0.2, 0) is 0 Å². The molecule has 1 aromatic carbocycles. The van der Waals surface area contributed by atoms with Gasteiger partial charge < -0.3 is 10.1 Å². The third kappa shape index (κ3) is 2.90. The van der Waals surface area contributed by atoms with Gasteiger partial charge in [0.15, 0.2) is 0 Å². The molecule has 2 heterocycles. The van der Waals surface area contributed by atoms with Crippen LogP contribution in [0.4, 0.5) is 0 Å². The van der Waals surface area contributed by atoms with Gasteiger partial charge in [0, 0.05) is 27.5 Å². The summed E-state index contributed by atoms with van der Waals surface area (Å²) in [5.74, 6) is 0.728. The number of nitrogens with zero attached hydrogens (tertiary/aromatic N) is 1. The third-order valence-corrected chi connectivity index (χ3v) is 4.24. The molecule has 1 aliphatic heterocycles. The van der Waals surface area contributed by atoms with Crippen LogP contribution in [0.5, 0.6) is 5.88 Å². The van der Waals surface area contributed by atoms with Gasteiger partial charge in [-0.3, -0.25) is 0 Å². The van der Waals surface area contributed by atoms with Crippen molar-refractivity contribution in [1.29, 1.82) is 0 Å². The molecule has 2 aromatic rings. The minimum Gasteiger partial charge on any atom is -0.476 e. The summed E-state index contributed by atoms with van der Waals surface area (Å²) in [6.45, 7) is 1.79. The van der Waals surface area contributed by atoms with Crippen LogP contribution in [0.15, 0.2) is 34.9 Å². The molecule has 19 heavy (non-hydrogen) atoms. The first-order valence-corrected chi connectivity index (χ1v) is 7.53. The Morgan fingerprint density at radius 3 is 3.05 bits per heavy atom. The lowest BCUT2D eigenvalue weighted by molar-refractivity contribution is 0.234. The van der Waals surface area contributed by atoms with E-state index in [-0.39, 0.29) is 0 Å². The Balaban J connectivity index is 1.79. The van der Waals surface area contributed by atoms with E-state index in [9.17, 15) is 0 Å². The van der Waals surface area contributed by atoms with E-state index in [1.165, 1.54) is 19.3 Å². The molecule has 1 unspecified atom stereocenters. The number of fused-ring (bicyclic) bond motifs is 1. The highest BCUT2D eigenvalue weighted by atomic mass is 79.9. The average molecular weight is 321 g/mol. The van der Waals surface area contributed by atoms with E-state index in [0.717, 1.165) is 27.7 Å². The lowest BCUT2D eigenvalue weighted by Crippen LogP contribution is -2.38. The number of rotatable bonds is 3. The van der Waals surface area contributed by atoms with Gasteiger partial charge in [-0.1, -0.05) is 28.4 Å². The van der Waals surface area contributed by atoms with Crippen molar-refractivity contribution in [3.63, 3.8) is 0 Å². The lowest BCUT2D eigenvalue weighted by atomic mass is 10.1. The molecule has 100 valence electrons. The summed E-state index contributed by atoms with van der Waals surface area (Å²) in [7, 11) is 0. The first kappa shape index (κ1) is 12.9. The first-order chi connectivity index (χ1) is 9.34. The van der Waals surface area contributed by atoms with Crippen LogP contribution < -0.4 is 10.1 Å². The molecule has 0 amide bonds. The maximum atomic E-state index is 5.92. The molecule has 0 saturated carbocycles. The molecule has 1 aliphatic rings. The maximum Gasteiger partial charge on any atom is 0.221 e. The topological polar surface area (TPSA) is 34.1 Å². The summed E-state index contributed by atoms with van der Waals surface area (Å²) in [5, 5.41) is 5.69. The molecule has 1 saturated heterocycles. The normalized spacial score (nSPS) is 19.5. The first-order valence-electron chi connectivity index (χ1n) is 6.74. The minimum absolute atomic E-state index is 0.456. The van der Waals surface area contributed by atoms with Crippen molar-refractivity contribution >= 4 is 26.7 Å². The highest BCUT2D eigenvalue weighted by Crippen LogP contribution is 2.29. The summed E-state index contributed by atoms with van der Waals surface area (Å²) in [4.78, 5) is 4.36. The van der Waals surface area contributed by atoms with E-state index in [0.29, 0.717) is 12.6 Å². The van der Waals surface area contributed by atoms with Crippen molar-refractivity contribution in [3.8, 4) is 5.88 Å². The Morgan fingerprint density at radius 1 is 1.26 bits per heavy atom. The summed E-state index contributed by atoms with van der Waals surface area (Å²) < 4.78 is 7.00. The van der Waals surface area contributed by atoms with Crippen LogP contribution in [0, 0.1) is 0 Å². The monoisotopic (exact) mass is 320 g/mol. The fourth-order valence-electron chi connectivity index (χ4n) is 2.50. The van der Waals surface area contributed by atoms with Crippen molar-refractivity contribution in [3.05, 3.63) is 34.9 Å². The molecular formula is C15H17BrN2O. The second kappa shape index (κ2) is 5.88. The van der Waals surface area contributed by atoms with Crippen LogP contribution in [0.25, 0.3) is 10.8 Å². The maximum absolute atomic E-state index is 5.92. The average Bonchev–Trinajstić information content (AvgIpc) is 2.47. The smallest absolute Gasteiger partial charge is 0.221 e. The lowest BCUT2D eigenvalue weighted by Gasteiger charge is -2.23. The third-order valence-electron chi connectivity index (χ3n) is 3.55. The number of hydrogen-bond donors (Lipinski definition) is 1. The van der Waals surface area contributed by atoms with Crippen LogP contribution >= 0.6 is 15.9 Å². The molecule has 0 bridgehead atoms. The number of piperidine rings is 1. The molecule has 3 nitrogen and oxygen atoms in total. The zero-order chi connectivity index (χ0) is 13.1. The van der Waals surface area contributed by atoms with Gasteiger partial charge in [0.05, 0.1) is 0 Å². The Labute approximate surface area is 121 Å². The zero-order valence-electron chi connectivity index (χ0n) is 10.7. The van der Waals surface area contributed by atoms with Gasteiger partial charge in [-0.15, -0.1) is 0 Å². The minimum atomic E-state index is 0.456. The van der Waals surface area contributed by atoms with Crippen molar-refractivity contribution in [2.75, 3.05) is 13.2 Å². The molecule has 1 N–H and O–H groups in total. The van der Waals surface area contributed by atoms with Gasteiger partial charge in [0.2, 0.25) is 5.88 Å². The largest absolute Gasteiger partial charge is 0.476 e. The van der Waals surface area contributed by atoms with Crippen molar-refractivity contribution < 1.29 is 4.74 Å². The molecule has 0 spiro atoms. The van der Waals surface area contributed by atoms with E-state index >= 15 is 0 Å². The van der Waals surface area contributed by atoms with Crippen LogP contribution in [0.3, 0.4) is 0 Å². The van der Waals surface area contributed by atoms with Crippen molar-refractivity contribution in [2.24, 2.45) is 0 Å². The summed E-state index contributed by atoms with van der Waals surface area (Å²) in [6, 6.07) is 8.56. The molecule has 1 fully saturated rings. The van der Waals surface area contributed by atoms with E-state index in [4.69, 9.17) is 4.74 Å². The van der Waals surface area contributed by atoms with Gasteiger partial charge in [-0.05, 0) is 37.6 Å². The quantitative estimate of drug-likeness (QED) is 0.939. The number of hydrogen-bond acceptors (Lipinski definition) is 3. The molecule has 4 heteroatoms. The van der Waals surface area contributed by atoms with Gasteiger partial charge >= 0.3 is 0 Å². The molecule has 0 radical (unpaired) electrons. The summed E-state index contributed by atoms with van der Waals surface area (Å²) >= 11 is 3.56. The second-order valence-corrected chi connectivity index (χ2v) is 5.76. The SMILES string of the molecule is Brc1cccc2c(OCC3CCCCN3)nccc12. The van der Waals surface area contributed by atoms with Crippen molar-refractivity contribution in [2.45, 2.75) is 25.3 Å². The van der Waals surface area contributed by atoms with Crippen LogP contribution in [-0.4, -0.2) is 24.2 Å². The Bertz CT molecular complexity index is 567. The number of pyridine rings is 1. The predicted molar refractivity (Wildman–Crippen MR) is 80.6 cm³/mol. The number of benzene rings is 1. The Kier molecular flexibility index (Phi) is 3.99. The van der Waals surface area contributed by atoms with Crippen LogP contribution in [0.2, 0.25) is 0 Å². The molecule has 1 atom stereocenters. The fraction of sp³-hybridized carbons (Fsp3) is 0.400. The Morgan fingerprint density at radius 2 is 2.21 bits per heavy atom. The fourth-order valence-corrected chi connectivity index (χ4v) is 3.00. The molecular weight excluding hydrogens is 304 g/mol. The molecule has 0 aliphatic carbocycles. The van der Waals surface area contributed by atoms with Gasteiger partial charge in [0.1, 0.15) is 6.61 Å². The number of aromatic nitrogens is 1. The highest BCUT2D eigenvalue weighted by Gasteiger charge is 2.14. The summed E-state index contributed by atoms with van der Waals surface area (Å²) in [5.41, 5.74) is 0. The van der Waals surface area contributed by atoms with E-state index in [1.807, 2.05) is 18.2 Å². The van der Waals surface area contributed by atoms with Crippen LogP contribution in [0.1, 0.15) is 19.3 Å². The zero-order valence-corrected chi connectivity index (χ0v) is 12.3. The summed E-state index contributed by atoms with van der Waals surface area (Å²) in [6.07, 6.45) is 5.55. The number of ether oxygens (including phenoxy) is 1. The number of nitrogens with one attached hydrogen (secondary N) is 1. The second-order valence-electron chi connectivity index (χ2n) is 4.91. The highest BCUT2D eigenvalue weighted by molar-refractivity contribution is 9.10. The van der Waals surface area contributed by atoms with Gasteiger partial charge in [-0.25, -0.2) is 4.98 Å².